The van der Waals surface area contributed by atoms with E-state index in [2.05, 4.69) is 12.2 Å². The Morgan fingerprint density at radius 1 is 0.188 bits per heavy atom. The topological polar surface area (TPSA) is 34.1 Å². The van der Waals surface area contributed by atoms with Gasteiger partial charge in [0.2, 0.25) is 0 Å². The first-order chi connectivity index (χ1) is 31.7. The first-order valence-electron chi connectivity index (χ1n) is 30.2. The standard InChI is InChI=1S/C60H110O2Si2/c61-57-56-60-58(62)55-59(57)63-49-43-37-31-25-19-13-7-1-2-8-14-20-26-32-38-44-50-64(60,53-47-41-35-29-23-17-11-5-3-9-15-21-27-33-39-45-51-63)54-48-42-36-30-24-18-12-6-4-10-16-22-28-34-40-46-52-63/h55-56H,1-54H2. The van der Waals surface area contributed by atoms with Gasteiger partial charge < -0.3 is 0 Å². The lowest BCUT2D eigenvalue weighted by atomic mass is 10.0. The van der Waals surface area contributed by atoms with Crippen molar-refractivity contribution >= 4 is 27.7 Å². The van der Waals surface area contributed by atoms with Crippen LogP contribution in [-0.2, 0) is 9.59 Å². The minimum Gasteiger partial charge on any atom is -0.290 e. The summed E-state index contributed by atoms with van der Waals surface area (Å²) in [5.41, 5.74) is 0. The van der Waals surface area contributed by atoms with Crippen LogP contribution in [0.5, 0.6) is 0 Å². The second kappa shape index (κ2) is 37.2. The molecular weight excluding hydrogens is 809 g/mol. The van der Waals surface area contributed by atoms with Crippen molar-refractivity contribution < 1.29 is 9.59 Å². The zero-order valence-electron chi connectivity index (χ0n) is 43.2. The molecule has 0 N–H and O–H groups in total. The molecule has 0 spiro atoms. The molecule has 370 valence electrons. The van der Waals surface area contributed by atoms with Crippen LogP contribution in [0, 0.1) is 0 Å². The Morgan fingerprint density at radius 2 is 0.297 bits per heavy atom. The maximum absolute atomic E-state index is 15.3. The summed E-state index contributed by atoms with van der Waals surface area (Å²) in [6.07, 6.45) is 70.4. The number of carbonyl (C=O) groups excluding carboxylic acids is 2. The number of hydrogen-bond donors (Lipinski definition) is 0. The lowest BCUT2D eigenvalue weighted by Crippen LogP contribution is -2.46. The van der Waals surface area contributed by atoms with Crippen LogP contribution < -0.4 is 0 Å². The molecule has 4 heteroatoms. The Morgan fingerprint density at radius 3 is 0.422 bits per heavy atom. The van der Waals surface area contributed by atoms with Crippen molar-refractivity contribution in [2.75, 3.05) is 0 Å². The molecule has 0 saturated carbocycles. The van der Waals surface area contributed by atoms with Gasteiger partial charge >= 0.3 is 0 Å². The summed E-state index contributed by atoms with van der Waals surface area (Å²) in [7, 11) is -4.37. The van der Waals surface area contributed by atoms with Gasteiger partial charge in [-0.1, -0.05) is 344 Å². The molecule has 0 atom stereocenters. The van der Waals surface area contributed by atoms with Gasteiger partial charge in [0.05, 0.1) is 16.1 Å². The van der Waals surface area contributed by atoms with Crippen LogP contribution in [-0.4, -0.2) is 27.7 Å². The van der Waals surface area contributed by atoms with Crippen LogP contribution in [0.25, 0.3) is 0 Å². The van der Waals surface area contributed by atoms with Gasteiger partial charge in [0.25, 0.3) is 0 Å². The molecule has 6 aliphatic heterocycles. The van der Waals surface area contributed by atoms with Crippen molar-refractivity contribution in [2.24, 2.45) is 0 Å². The number of hydrogen-bond acceptors (Lipinski definition) is 2. The third-order valence-corrected chi connectivity index (χ3v) is 28.3. The van der Waals surface area contributed by atoms with Gasteiger partial charge in [-0.3, -0.25) is 9.59 Å². The molecule has 0 unspecified atom stereocenters. The Hall–Kier alpha value is -0.746. The molecule has 7 aliphatic rings. The fourth-order valence-corrected chi connectivity index (χ4v) is 23.9. The van der Waals surface area contributed by atoms with E-state index in [0.29, 0.717) is 11.6 Å². The van der Waals surface area contributed by atoms with E-state index < -0.39 is 16.1 Å². The molecule has 1 aliphatic carbocycles. The predicted molar refractivity (Wildman–Crippen MR) is 288 cm³/mol. The Labute approximate surface area is 402 Å². The molecule has 6 heterocycles. The average Bonchev–Trinajstić information content (AvgIpc) is 3.29. The van der Waals surface area contributed by atoms with E-state index in [0.717, 1.165) is 10.4 Å². The van der Waals surface area contributed by atoms with E-state index in [-0.39, 0.29) is 0 Å². The molecular formula is C60H110O2Si2. The number of allylic oxidation sites excluding steroid dienone is 4. The number of ketones is 2. The fraction of sp³-hybridized carbons (Fsp3) is 0.900. The van der Waals surface area contributed by atoms with Crippen LogP contribution in [0.15, 0.2) is 22.5 Å². The predicted octanol–water partition coefficient (Wildman–Crippen LogP) is 20.7. The summed E-state index contributed by atoms with van der Waals surface area (Å²) in [6, 6.07) is 7.52. The second-order valence-corrected chi connectivity index (χ2v) is 32.1. The molecule has 0 aromatic heterocycles. The largest absolute Gasteiger partial charge is 0.290 e. The smallest absolute Gasteiger partial charge is 0.178 e. The number of carbonyl (C=O) groups is 2. The highest BCUT2D eigenvalue weighted by Crippen LogP contribution is 2.42. The highest BCUT2D eigenvalue weighted by atomic mass is 28.3. The maximum Gasteiger partial charge on any atom is 0.178 e. The normalized spacial score (nSPS) is 29.1. The monoisotopic (exact) mass is 919 g/mol. The van der Waals surface area contributed by atoms with E-state index >= 15 is 9.59 Å². The lowest BCUT2D eigenvalue weighted by Gasteiger charge is -2.38. The summed E-state index contributed by atoms with van der Waals surface area (Å²) in [5, 5.41) is 2.23. The van der Waals surface area contributed by atoms with Crippen molar-refractivity contribution in [3.8, 4) is 0 Å². The average molecular weight is 920 g/mol. The summed E-state index contributed by atoms with van der Waals surface area (Å²) >= 11 is 0. The van der Waals surface area contributed by atoms with Gasteiger partial charge in [-0.2, -0.15) is 0 Å². The van der Waals surface area contributed by atoms with E-state index in [1.54, 1.807) is 0 Å². The summed E-state index contributed by atoms with van der Waals surface area (Å²) < 4.78 is 0. The Bertz CT molecular complexity index is 1040. The minimum atomic E-state index is -2.19. The van der Waals surface area contributed by atoms with E-state index in [9.17, 15) is 0 Å². The van der Waals surface area contributed by atoms with E-state index in [4.69, 9.17) is 0 Å². The van der Waals surface area contributed by atoms with Gasteiger partial charge in [0.15, 0.2) is 11.6 Å². The SMILES string of the molecule is O=C1C=C2C(=O)C=C1[Si]13CCCCCCCCCCCCCCCCCC[Si]2(CCCCCCCCCCCCCCCCCC1)CCCCCCCCCCCCCCCCCC3. The Balaban J connectivity index is 1.68. The summed E-state index contributed by atoms with van der Waals surface area (Å²) in [6.45, 7) is 0. The molecule has 0 aromatic rings. The lowest BCUT2D eigenvalue weighted by molar-refractivity contribution is -0.114. The molecule has 0 amide bonds. The first-order valence-corrected chi connectivity index (χ1v) is 35.4. The van der Waals surface area contributed by atoms with Crippen molar-refractivity contribution in [2.45, 2.75) is 344 Å². The minimum absolute atomic E-state index is 0.344. The van der Waals surface area contributed by atoms with Crippen molar-refractivity contribution in [3.05, 3.63) is 22.5 Å². The van der Waals surface area contributed by atoms with Crippen molar-refractivity contribution in [1.29, 1.82) is 0 Å². The third kappa shape index (κ3) is 24.0. The quantitative estimate of drug-likeness (QED) is 0.179. The van der Waals surface area contributed by atoms with Gasteiger partial charge in [0, 0.05) is 0 Å². The van der Waals surface area contributed by atoms with Gasteiger partial charge in [-0.25, -0.2) is 0 Å². The zero-order chi connectivity index (χ0) is 44.9. The molecule has 0 saturated heterocycles. The summed E-state index contributed by atoms with van der Waals surface area (Å²) in [4.78, 5) is 30.5. The van der Waals surface area contributed by atoms with E-state index in [1.807, 2.05) is 0 Å². The van der Waals surface area contributed by atoms with Crippen LogP contribution in [0.1, 0.15) is 308 Å². The third-order valence-electron chi connectivity index (χ3n) is 17.4. The molecule has 7 rings (SSSR count). The van der Waals surface area contributed by atoms with Crippen LogP contribution in [0.3, 0.4) is 0 Å². The van der Waals surface area contributed by atoms with Crippen LogP contribution in [0.4, 0.5) is 0 Å². The number of rotatable bonds is 0. The van der Waals surface area contributed by atoms with E-state index in [1.165, 1.54) is 344 Å². The Kier molecular flexibility index (Phi) is 32.4. The fourth-order valence-electron chi connectivity index (χ4n) is 13.2. The van der Waals surface area contributed by atoms with Gasteiger partial charge in [-0.15, -0.1) is 0 Å². The molecule has 2 nitrogen and oxygen atoms in total. The molecule has 0 aromatic carbocycles. The molecule has 64 heavy (non-hydrogen) atoms. The zero-order valence-corrected chi connectivity index (χ0v) is 45.2. The summed E-state index contributed by atoms with van der Waals surface area (Å²) in [5.74, 6) is 0.688. The van der Waals surface area contributed by atoms with Crippen LogP contribution in [0.2, 0.25) is 36.3 Å². The maximum atomic E-state index is 15.3. The highest BCUT2D eigenvalue weighted by molar-refractivity contribution is 6.94. The van der Waals surface area contributed by atoms with Crippen LogP contribution >= 0.6 is 0 Å². The van der Waals surface area contributed by atoms with Crippen molar-refractivity contribution in [1.82, 2.24) is 0 Å². The van der Waals surface area contributed by atoms with Gasteiger partial charge in [-0.05, 0) is 22.5 Å². The second-order valence-electron chi connectivity index (χ2n) is 22.9. The molecule has 0 fully saturated rings. The molecule has 0 radical (unpaired) electrons. The first kappa shape index (κ1) is 55.8. The number of fused-ring (bicyclic) bond motifs is 51. The molecule has 4 bridgehead atoms. The van der Waals surface area contributed by atoms with Crippen molar-refractivity contribution in [3.63, 3.8) is 0 Å². The highest BCUT2D eigenvalue weighted by Gasteiger charge is 2.45. The van der Waals surface area contributed by atoms with Gasteiger partial charge in [0.1, 0.15) is 0 Å².